The molecule has 0 aliphatic carbocycles. The van der Waals surface area contributed by atoms with E-state index < -0.39 is 0 Å². The zero-order chi connectivity index (χ0) is 9.68. The highest BCUT2D eigenvalue weighted by Crippen LogP contribution is 2.17. The lowest BCUT2D eigenvalue weighted by Crippen LogP contribution is -1.89. The van der Waals surface area contributed by atoms with Gasteiger partial charge in [0.25, 0.3) is 0 Å². The summed E-state index contributed by atoms with van der Waals surface area (Å²) in [6.45, 7) is 7.68. The lowest BCUT2D eigenvalue weighted by Gasteiger charge is -1.98. The molecule has 0 aliphatic rings. The van der Waals surface area contributed by atoms with Crippen molar-refractivity contribution >= 4 is 12.2 Å². The van der Waals surface area contributed by atoms with Gasteiger partial charge in [-0.1, -0.05) is 19.2 Å². The molecule has 1 aromatic heterocycles. The van der Waals surface area contributed by atoms with E-state index in [0.29, 0.717) is 0 Å². The highest BCUT2D eigenvalue weighted by atomic mass is 16.2. The molecule has 0 fully saturated rings. The second kappa shape index (κ2) is 4.67. The Bertz CT molecular complexity index is 299. The Labute approximate surface area is 78.6 Å². The van der Waals surface area contributed by atoms with Crippen LogP contribution in [-0.2, 0) is 6.42 Å². The van der Waals surface area contributed by atoms with Gasteiger partial charge in [0.15, 0.2) is 0 Å². The number of nitrogens with one attached hydrogen (secondary N) is 1. The molecule has 2 N–H and O–H groups in total. The number of H-pyrrole nitrogens is 1. The summed E-state index contributed by atoms with van der Waals surface area (Å²) in [4.78, 5) is 3.11. The van der Waals surface area contributed by atoms with Crippen molar-refractivity contribution in [2.45, 2.75) is 12.8 Å². The molecule has 1 heterocycles. The SMILES string of the molecule is C=Cc1[nH]cc(CCCO)c1C=C. The largest absolute Gasteiger partial charge is 0.396 e. The van der Waals surface area contributed by atoms with E-state index in [2.05, 4.69) is 18.1 Å². The van der Waals surface area contributed by atoms with Crippen LogP contribution in [0.5, 0.6) is 0 Å². The predicted octanol–water partition coefficient (Wildman–Crippen LogP) is 2.23. The first kappa shape index (κ1) is 9.81. The molecule has 13 heavy (non-hydrogen) atoms. The molecule has 70 valence electrons. The van der Waals surface area contributed by atoms with Crippen molar-refractivity contribution in [3.8, 4) is 0 Å². The number of rotatable bonds is 5. The molecule has 0 spiro atoms. The van der Waals surface area contributed by atoms with Crippen LogP contribution in [0, 0.1) is 0 Å². The second-order valence-electron chi connectivity index (χ2n) is 2.88. The van der Waals surface area contributed by atoms with Crippen LogP contribution in [0.4, 0.5) is 0 Å². The Morgan fingerprint density at radius 2 is 2.15 bits per heavy atom. The van der Waals surface area contributed by atoms with Crippen LogP contribution in [0.1, 0.15) is 23.2 Å². The molecular weight excluding hydrogens is 162 g/mol. The number of aromatic amines is 1. The monoisotopic (exact) mass is 177 g/mol. The van der Waals surface area contributed by atoms with E-state index in [1.165, 1.54) is 5.56 Å². The van der Waals surface area contributed by atoms with Crippen LogP contribution < -0.4 is 0 Å². The van der Waals surface area contributed by atoms with E-state index in [9.17, 15) is 0 Å². The van der Waals surface area contributed by atoms with Crippen LogP contribution in [-0.4, -0.2) is 16.7 Å². The highest BCUT2D eigenvalue weighted by molar-refractivity contribution is 5.64. The average molecular weight is 177 g/mol. The maximum Gasteiger partial charge on any atom is 0.0450 e. The molecule has 0 bridgehead atoms. The lowest BCUT2D eigenvalue weighted by atomic mass is 10.1. The molecule has 1 rings (SSSR count). The Hall–Kier alpha value is -1.28. The first-order chi connectivity index (χ1) is 6.33. The molecule has 2 nitrogen and oxygen atoms in total. The minimum absolute atomic E-state index is 0.227. The van der Waals surface area contributed by atoms with Crippen molar-refractivity contribution < 1.29 is 5.11 Å². The molecular formula is C11H15NO. The topological polar surface area (TPSA) is 36.0 Å². The lowest BCUT2D eigenvalue weighted by molar-refractivity contribution is 0.288. The molecule has 0 unspecified atom stereocenters. The molecule has 1 aromatic rings. The Morgan fingerprint density at radius 1 is 1.38 bits per heavy atom. The van der Waals surface area contributed by atoms with E-state index >= 15 is 0 Å². The molecule has 2 heteroatoms. The normalized spacial score (nSPS) is 9.92. The molecule has 0 saturated carbocycles. The Balaban J connectivity index is 2.87. The van der Waals surface area contributed by atoms with Gasteiger partial charge >= 0.3 is 0 Å². The number of aromatic nitrogens is 1. The van der Waals surface area contributed by atoms with Crippen LogP contribution in [0.3, 0.4) is 0 Å². The summed E-state index contributed by atoms with van der Waals surface area (Å²) in [5.41, 5.74) is 3.30. The summed E-state index contributed by atoms with van der Waals surface area (Å²) in [5, 5.41) is 8.70. The quantitative estimate of drug-likeness (QED) is 0.710. The van der Waals surface area contributed by atoms with Gasteiger partial charge in [0, 0.05) is 24.1 Å². The number of aliphatic hydroxyl groups excluding tert-OH is 1. The van der Waals surface area contributed by atoms with Crippen LogP contribution >= 0.6 is 0 Å². The zero-order valence-electron chi connectivity index (χ0n) is 7.71. The molecule has 0 aromatic carbocycles. The summed E-state index contributed by atoms with van der Waals surface area (Å²) in [6.07, 6.45) is 7.21. The first-order valence-corrected chi connectivity index (χ1v) is 4.39. The first-order valence-electron chi connectivity index (χ1n) is 4.39. The van der Waals surface area contributed by atoms with Gasteiger partial charge in [-0.05, 0) is 24.5 Å². The average Bonchev–Trinajstić information content (AvgIpc) is 2.56. The molecule has 0 radical (unpaired) electrons. The third-order valence-electron chi connectivity index (χ3n) is 2.05. The summed E-state index contributed by atoms with van der Waals surface area (Å²) in [5.74, 6) is 0. The van der Waals surface area contributed by atoms with Crippen molar-refractivity contribution in [3.05, 3.63) is 36.2 Å². The molecule has 0 atom stereocenters. The molecule has 0 aliphatic heterocycles. The molecule has 0 amide bonds. The van der Waals surface area contributed by atoms with Crippen molar-refractivity contribution in [2.75, 3.05) is 6.61 Å². The third kappa shape index (κ3) is 2.10. The number of hydrogen-bond acceptors (Lipinski definition) is 1. The minimum atomic E-state index is 0.227. The fraction of sp³-hybridized carbons (Fsp3) is 0.273. The van der Waals surface area contributed by atoms with Crippen molar-refractivity contribution in [2.24, 2.45) is 0 Å². The smallest absolute Gasteiger partial charge is 0.0450 e. The van der Waals surface area contributed by atoms with Crippen LogP contribution in [0.2, 0.25) is 0 Å². The minimum Gasteiger partial charge on any atom is -0.396 e. The van der Waals surface area contributed by atoms with Gasteiger partial charge in [-0.2, -0.15) is 0 Å². The Kier molecular flexibility index (Phi) is 3.53. The molecule has 0 saturated heterocycles. The fourth-order valence-electron chi connectivity index (χ4n) is 1.38. The summed E-state index contributed by atoms with van der Waals surface area (Å²) in [6, 6.07) is 0. The fourth-order valence-corrected chi connectivity index (χ4v) is 1.38. The van der Waals surface area contributed by atoms with E-state index in [4.69, 9.17) is 5.11 Å². The maximum atomic E-state index is 8.70. The van der Waals surface area contributed by atoms with Crippen molar-refractivity contribution in [3.63, 3.8) is 0 Å². The standard InChI is InChI=1S/C11H15NO/c1-3-10-9(6-5-7-13)8-12-11(10)4-2/h3-4,8,12-13H,1-2,5-7H2. The van der Waals surface area contributed by atoms with E-state index in [0.717, 1.165) is 24.1 Å². The van der Waals surface area contributed by atoms with E-state index in [1.807, 2.05) is 12.3 Å². The van der Waals surface area contributed by atoms with Gasteiger partial charge < -0.3 is 10.1 Å². The van der Waals surface area contributed by atoms with Gasteiger partial charge in [-0.3, -0.25) is 0 Å². The van der Waals surface area contributed by atoms with Crippen LogP contribution in [0.25, 0.3) is 12.2 Å². The van der Waals surface area contributed by atoms with Crippen molar-refractivity contribution in [1.29, 1.82) is 0 Å². The number of hydrogen-bond donors (Lipinski definition) is 2. The van der Waals surface area contributed by atoms with Crippen LogP contribution in [0.15, 0.2) is 19.4 Å². The van der Waals surface area contributed by atoms with Gasteiger partial charge in [-0.25, -0.2) is 0 Å². The summed E-state index contributed by atoms with van der Waals surface area (Å²) in [7, 11) is 0. The second-order valence-corrected chi connectivity index (χ2v) is 2.88. The number of aliphatic hydroxyl groups is 1. The van der Waals surface area contributed by atoms with Gasteiger partial charge in [-0.15, -0.1) is 0 Å². The predicted molar refractivity (Wildman–Crippen MR) is 56.4 cm³/mol. The number of aryl methyl sites for hydroxylation is 1. The van der Waals surface area contributed by atoms with Gasteiger partial charge in [0.05, 0.1) is 0 Å². The van der Waals surface area contributed by atoms with Gasteiger partial charge in [0.2, 0.25) is 0 Å². The van der Waals surface area contributed by atoms with E-state index in [-0.39, 0.29) is 6.61 Å². The Morgan fingerprint density at radius 3 is 2.69 bits per heavy atom. The van der Waals surface area contributed by atoms with Gasteiger partial charge in [0.1, 0.15) is 0 Å². The maximum absolute atomic E-state index is 8.70. The highest BCUT2D eigenvalue weighted by Gasteiger charge is 2.04. The summed E-state index contributed by atoms with van der Waals surface area (Å²) < 4.78 is 0. The van der Waals surface area contributed by atoms with E-state index in [1.54, 1.807) is 6.08 Å². The van der Waals surface area contributed by atoms with Crippen molar-refractivity contribution in [1.82, 2.24) is 4.98 Å². The summed E-state index contributed by atoms with van der Waals surface area (Å²) >= 11 is 0. The zero-order valence-corrected chi connectivity index (χ0v) is 7.71. The third-order valence-corrected chi connectivity index (χ3v) is 2.05.